The summed E-state index contributed by atoms with van der Waals surface area (Å²) in [6, 6.07) is 0. The van der Waals surface area contributed by atoms with Crippen LogP contribution in [0, 0.1) is 5.92 Å². The molecule has 2 rings (SSSR count). The van der Waals surface area contributed by atoms with Gasteiger partial charge in [-0.1, -0.05) is 0 Å². The minimum atomic E-state index is -0.636. The molecule has 5 heteroatoms. The van der Waals surface area contributed by atoms with Gasteiger partial charge in [-0.2, -0.15) is 5.10 Å². The Bertz CT molecular complexity index is 397. The standard InChI is InChI=1S/C10H12N2O3/c1-12-5-7(4-11-12)10(14)8-6-15-3-2-9(8)13/h4-5,8H,2-3,6H2,1H3. The smallest absolute Gasteiger partial charge is 0.178 e. The molecule has 0 N–H and O–H groups in total. The molecule has 1 atom stereocenters. The molecule has 5 nitrogen and oxygen atoms in total. The molecule has 15 heavy (non-hydrogen) atoms. The average molecular weight is 208 g/mol. The third-order valence-electron chi connectivity index (χ3n) is 2.47. The van der Waals surface area contributed by atoms with Crippen LogP contribution in [0.4, 0.5) is 0 Å². The van der Waals surface area contributed by atoms with Crippen LogP contribution in [0.5, 0.6) is 0 Å². The predicted molar refractivity (Wildman–Crippen MR) is 51.5 cm³/mol. The van der Waals surface area contributed by atoms with E-state index in [1.54, 1.807) is 17.9 Å². The van der Waals surface area contributed by atoms with Crippen molar-refractivity contribution >= 4 is 11.6 Å². The number of ketones is 2. The Morgan fingerprint density at radius 1 is 1.67 bits per heavy atom. The lowest BCUT2D eigenvalue weighted by atomic mass is 9.93. The van der Waals surface area contributed by atoms with Crippen LogP contribution in [-0.2, 0) is 16.6 Å². The number of hydrogen-bond acceptors (Lipinski definition) is 4. The van der Waals surface area contributed by atoms with Gasteiger partial charge in [0.25, 0.3) is 0 Å². The lowest BCUT2D eigenvalue weighted by molar-refractivity contribution is -0.128. The molecule has 0 amide bonds. The second-order valence-corrected chi connectivity index (χ2v) is 3.61. The number of hydrogen-bond donors (Lipinski definition) is 0. The zero-order valence-electron chi connectivity index (χ0n) is 8.47. The van der Waals surface area contributed by atoms with Crippen molar-refractivity contribution in [3.8, 4) is 0 Å². The van der Waals surface area contributed by atoms with Gasteiger partial charge in [-0.3, -0.25) is 14.3 Å². The molecule has 0 saturated carbocycles. The Labute approximate surface area is 87.0 Å². The molecule has 1 aromatic heterocycles. The van der Waals surface area contributed by atoms with Crippen LogP contribution in [-0.4, -0.2) is 34.6 Å². The van der Waals surface area contributed by atoms with Crippen LogP contribution in [0.2, 0.25) is 0 Å². The van der Waals surface area contributed by atoms with Crippen LogP contribution in [0.25, 0.3) is 0 Å². The van der Waals surface area contributed by atoms with Gasteiger partial charge >= 0.3 is 0 Å². The lowest BCUT2D eigenvalue weighted by Gasteiger charge is -2.18. The van der Waals surface area contributed by atoms with Crippen molar-refractivity contribution in [3.05, 3.63) is 18.0 Å². The second kappa shape index (κ2) is 3.94. The van der Waals surface area contributed by atoms with E-state index in [2.05, 4.69) is 5.10 Å². The van der Waals surface area contributed by atoms with Gasteiger partial charge in [0.2, 0.25) is 0 Å². The van der Waals surface area contributed by atoms with Crippen molar-refractivity contribution in [1.29, 1.82) is 0 Å². The first kappa shape index (κ1) is 10.0. The van der Waals surface area contributed by atoms with E-state index in [0.29, 0.717) is 18.6 Å². The van der Waals surface area contributed by atoms with Gasteiger partial charge in [-0.05, 0) is 0 Å². The zero-order valence-corrected chi connectivity index (χ0v) is 8.47. The monoisotopic (exact) mass is 208 g/mol. The number of ether oxygens (including phenoxy) is 1. The number of rotatable bonds is 2. The summed E-state index contributed by atoms with van der Waals surface area (Å²) in [4.78, 5) is 23.4. The summed E-state index contributed by atoms with van der Waals surface area (Å²) in [5.74, 6) is -0.856. The van der Waals surface area contributed by atoms with Crippen molar-refractivity contribution in [1.82, 2.24) is 9.78 Å². The Hall–Kier alpha value is -1.49. The van der Waals surface area contributed by atoms with E-state index in [0.717, 1.165) is 0 Å². The molecular weight excluding hydrogens is 196 g/mol. The zero-order chi connectivity index (χ0) is 10.8. The number of carbonyl (C=O) groups is 2. The minimum Gasteiger partial charge on any atom is -0.380 e. The maximum absolute atomic E-state index is 11.9. The van der Waals surface area contributed by atoms with Gasteiger partial charge in [0.15, 0.2) is 5.78 Å². The van der Waals surface area contributed by atoms with Crippen molar-refractivity contribution < 1.29 is 14.3 Å². The van der Waals surface area contributed by atoms with Gasteiger partial charge in [0, 0.05) is 19.7 Å². The van der Waals surface area contributed by atoms with Gasteiger partial charge in [0.05, 0.1) is 25.0 Å². The summed E-state index contributed by atoms with van der Waals surface area (Å²) in [7, 11) is 1.73. The molecule has 0 spiro atoms. The Morgan fingerprint density at radius 2 is 2.47 bits per heavy atom. The number of nitrogens with zero attached hydrogens (tertiary/aromatic N) is 2. The molecule has 80 valence electrons. The van der Waals surface area contributed by atoms with Crippen molar-refractivity contribution in [2.45, 2.75) is 6.42 Å². The number of aromatic nitrogens is 2. The van der Waals surface area contributed by atoms with Gasteiger partial charge in [-0.15, -0.1) is 0 Å². The van der Waals surface area contributed by atoms with Crippen LogP contribution >= 0.6 is 0 Å². The Kier molecular flexibility index (Phi) is 2.64. The van der Waals surface area contributed by atoms with E-state index in [-0.39, 0.29) is 18.2 Å². The lowest BCUT2D eigenvalue weighted by Crippen LogP contribution is -2.33. The van der Waals surface area contributed by atoms with Gasteiger partial charge < -0.3 is 4.74 Å². The third-order valence-corrected chi connectivity index (χ3v) is 2.47. The van der Waals surface area contributed by atoms with Crippen LogP contribution in [0.1, 0.15) is 16.8 Å². The van der Waals surface area contributed by atoms with E-state index in [1.165, 1.54) is 6.20 Å². The third kappa shape index (κ3) is 1.97. The fraction of sp³-hybridized carbons (Fsp3) is 0.500. The number of carbonyl (C=O) groups excluding carboxylic acids is 2. The summed E-state index contributed by atoms with van der Waals surface area (Å²) in [5.41, 5.74) is 0.473. The molecule has 1 aliphatic heterocycles. The normalized spacial score (nSPS) is 21.7. The highest BCUT2D eigenvalue weighted by Gasteiger charge is 2.30. The topological polar surface area (TPSA) is 61.2 Å². The van der Waals surface area contributed by atoms with E-state index in [1.807, 2.05) is 0 Å². The summed E-state index contributed by atoms with van der Waals surface area (Å²) < 4.78 is 6.68. The maximum Gasteiger partial charge on any atom is 0.178 e. The van der Waals surface area contributed by atoms with E-state index in [4.69, 9.17) is 4.74 Å². The average Bonchev–Trinajstić information content (AvgIpc) is 2.65. The molecule has 2 heterocycles. The largest absolute Gasteiger partial charge is 0.380 e. The van der Waals surface area contributed by atoms with Crippen LogP contribution in [0.3, 0.4) is 0 Å². The molecule has 1 aromatic rings. The molecule has 1 fully saturated rings. The molecule has 0 bridgehead atoms. The molecule has 0 aliphatic carbocycles. The molecule has 1 unspecified atom stereocenters. The molecular formula is C10H12N2O3. The predicted octanol–water partition coefficient (Wildman–Crippen LogP) is 0.208. The summed E-state index contributed by atoms with van der Waals surface area (Å²) in [5, 5.41) is 3.90. The summed E-state index contributed by atoms with van der Waals surface area (Å²) in [6.07, 6.45) is 3.42. The van der Waals surface area contributed by atoms with Crippen LogP contribution < -0.4 is 0 Å². The van der Waals surface area contributed by atoms with Crippen molar-refractivity contribution in [2.75, 3.05) is 13.2 Å². The van der Waals surface area contributed by atoms with E-state index < -0.39 is 5.92 Å². The van der Waals surface area contributed by atoms with Crippen LogP contribution in [0.15, 0.2) is 12.4 Å². The molecule has 0 radical (unpaired) electrons. The highest BCUT2D eigenvalue weighted by Crippen LogP contribution is 2.15. The Balaban J connectivity index is 2.16. The van der Waals surface area contributed by atoms with Gasteiger partial charge in [-0.25, -0.2) is 0 Å². The summed E-state index contributed by atoms with van der Waals surface area (Å²) in [6.45, 7) is 0.627. The quantitative estimate of drug-likeness (QED) is 0.515. The van der Waals surface area contributed by atoms with Crippen molar-refractivity contribution in [3.63, 3.8) is 0 Å². The number of Topliss-reactive ketones (excluding diaryl/α,β-unsaturated/α-hetero) is 2. The highest BCUT2D eigenvalue weighted by atomic mass is 16.5. The number of aryl methyl sites for hydroxylation is 1. The van der Waals surface area contributed by atoms with E-state index in [9.17, 15) is 9.59 Å². The minimum absolute atomic E-state index is 0.0323. The fourth-order valence-electron chi connectivity index (χ4n) is 1.61. The van der Waals surface area contributed by atoms with Gasteiger partial charge in [0.1, 0.15) is 11.7 Å². The van der Waals surface area contributed by atoms with E-state index >= 15 is 0 Å². The SMILES string of the molecule is Cn1cc(C(=O)C2COCCC2=O)cn1. The highest BCUT2D eigenvalue weighted by molar-refractivity contribution is 6.10. The Morgan fingerprint density at radius 3 is 3.07 bits per heavy atom. The first-order valence-electron chi connectivity index (χ1n) is 4.82. The second-order valence-electron chi connectivity index (χ2n) is 3.61. The molecule has 1 aliphatic rings. The van der Waals surface area contributed by atoms with Crippen molar-refractivity contribution in [2.24, 2.45) is 13.0 Å². The molecule has 0 aromatic carbocycles. The first-order valence-corrected chi connectivity index (χ1v) is 4.82. The fourth-order valence-corrected chi connectivity index (χ4v) is 1.61. The molecule has 1 saturated heterocycles. The summed E-state index contributed by atoms with van der Waals surface area (Å²) >= 11 is 0. The maximum atomic E-state index is 11.9. The first-order chi connectivity index (χ1) is 7.18.